The zero-order valence-electron chi connectivity index (χ0n) is 25.5. The number of aromatic nitrogens is 6. The first-order valence-electron chi connectivity index (χ1n) is 14.1. The minimum Gasteiger partial charge on any atom is -0.415 e. The van der Waals surface area contributed by atoms with Crippen LogP contribution in [0, 0.1) is 0 Å². The smallest absolute Gasteiger partial charge is 0.314 e. The lowest BCUT2D eigenvalue weighted by molar-refractivity contribution is 0.0969. The van der Waals surface area contributed by atoms with E-state index in [0.29, 0.717) is 32.1 Å². The minimum absolute atomic E-state index is 0.0710. The van der Waals surface area contributed by atoms with Crippen LogP contribution in [0.15, 0.2) is 104 Å². The van der Waals surface area contributed by atoms with Crippen molar-refractivity contribution in [3.05, 3.63) is 139 Å². The summed E-state index contributed by atoms with van der Waals surface area (Å²) in [6.45, 7) is -0.174. The Morgan fingerprint density at radius 3 is 1.65 bits per heavy atom. The molecule has 4 aromatic heterocycles. The lowest BCUT2D eigenvalue weighted by Gasteiger charge is -2.05. The fourth-order valence-corrected chi connectivity index (χ4v) is 4.40. The highest BCUT2D eigenvalue weighted by atomic mass is 79.9. The molecule has 6 aromatic rings. The maximum atomic E-state index is 12.5. The summed E-state index contributed by atoms with van der Waals surface area (Å²) in [6.07, 6.45) is -2.98. The summed E-state index contributed by atoms with van der Waals surface area (Å²) in [4.78, 5) is 48.6. The average Bonchev–Trinajstić information content (AvgIpc) is 3.82. The number of alkyl halides is 5. The second-order valence-electron chi connectivity index (χ2n) is 9.81. The van der Waals surface area contributed by atoms with E-state index in [9.17, 15) is 36.7 Å². The Kier molecular flexibility index (Phi) is 13.7. The van der Waals surface area contributed by atoms with Crippen LogP contribution in [0.5, 0.6) is 0 Å². The number of Topliss-reactive ketones (excluding diaryl/α,β-unsaturated/α-hetero) is 2. The number of ketones is 2. The molecule has 264 valence electrons. The molecule has 0 aliphatic heterocycles. The molecule has 4 heterocycles. The molecule has 0 unspecified atom stereocenters. The molecule has 0 radical (unpaired) electrons. The van der Waals surface area contributed by atoms with E-state index in [1.807, 2.05) is 0 Å². The number of benzene rings is 2. The Morgan fingerprint density at radius 2 is 1.22 bits per heavy atom. The van der Waals surface area contributed by atoms with Crippen molar-refractivity contribution >= 4 is 50.7 Å². The van der Waals surface area contributed by atoms with Crippen molar-refractivity contribution in [2.45, 2.75) is 19.4 Å². The zero-order valence-corrected chi connectivity index (χ0v) is 28.6. The van der Waals surface area contributed by atoms with Gasteiger partial charge < -0.3 is 18.4 Å². The summed E-state index contributed by atoms with van der Waals surface area (Å²) in [5.74, 6) is -2.08. The molecule has 51 heavy (non-hydrogen) atoms. The summed E-state index contributed by atoms with van der Waals surface area (Å²) in [5.41, 5.74) is 0.726. The SMILES string of the molecule is O=C(CBr)c1ccc(Cl)cc1.O=C(Cn1ccc(-c2nnc(C(F)F)o2)cc1=O)c1ccc(Cl)cc1.O=c1cc(-c2nnc(C(F)F)o2)cc[nH]1. The van der Waals surface area contributed by atoms with E-state index in [4.69, 9.17) is 27.6 Å². The zero-order chi connectivity index (χ0) is 37.1. The Morgan fingerprint density at radius 1 is 0.725 bits per heavy atom. The monoisotopic (exact) mass is 810 g/mol. The van der Waals surface area contributed by atoms with Crippen LogP contribution in [0.4, 0.5) is 17.6 Å². The number of nitrogens with one attached hydrogen (secondary N) is 1. The van der Waals surface area contributed by atoms with Gasteiger partial charge in [0.15, 0.2) is 11.6 Å². The molecule has 0 amide bonds. The molecule has 12 nitrogen and oxygen atoms in total. The van der Waals surface area contributed by atoms with Gasteiger partial charge in [-0.15, -0.1) is 20.4 Å². The number of rotatable bonds is 9. The number of carbonyl (C=O) groups is 2. The predicted octanol–water partition coefficient (Wildman–Crippen LogP) is 7.65. The van der Waals surface area contributed by atoms with Gasteiger partial charge in [-0.3, -0.25) is 19.2 Å². The number of hydrogen-bond donors (Lipinski definition) is 1. The van der Waals surface area contributed by atoms with Crippen LogP contribution in [0.1, 0.15) is 45.3 Å². The van der Waals surface area contributed by atoms with E-state index in [0.717, 1.165) is 6.07 Å². The maximum Gasteiger partial charge on any atom is 0.314 e. The van der Waals surface area contributed by atoms with Crippen molar-refractivity contribution in [2.24, 2.45) is 0 Å². The lowest BCUT2D eigenvalue weighted by Crippen LogP contribution is -2.23. The summed E-state index contributed by atoms with van der Waals surface area (Å²) < 4.78 is 59.8. The van der Waals surface area contributed by atoms with Gasteiger partial charge in [0.25, 0.3) is 17.3 Å². The van der Waals surface area contributed by atoms with Crippen molar-refractivity contribution in [1.29, 1.82) is 0 Å². The summed E-state index contributed by atoms with van der Waals surface area (Å²) in [5, 5.41) is 14.7. The molecular formula is C32H21BrCl2F4N6O6. The summed E-state index contributed by atoms with van der Waals surface area (Å²) >= 11 is 14.5. The van der Waals surface area contributed by atoms with Gasteiger partial charge in [-0.25, -0.2) is 0 Å². The fourth-order valence-electron chi connectivity index (χ4n) is 3.82. The molecule has 0 atom stereocenters. The van der Waals surface area contributed by atoms with Crippen LogP contribution in [0.25, 0.3) is 22.9 Å². The molecule has 2 aromatic carbocycles. The Labute approximate surface area is 302 Å². The molecule has 0 spiro atoms. The van der Waals surface area contributed by atoms with Gasteiger partial charge in [0.2, 0.25) is 17.3 Å². The highest BCUT2D eigenvalue weighted by Crippen LogP contribution is 2.23. The van der Waals surface area contributed by atoms with E-state index in [1.165, 1.54) is 35.2 Å². The van der Waals surface area contributed by atoms with Crippen LogP contribution in [0.3, 0.4) is 0 Å². The van der Waals surface area contributed by atoms with Crippen LogP contribution in [-0.4, -0.2) is 46.8 Å². The number of pyridine rings is 2. The molecule has 0 bridgehead atoms. The molecule has 0 aliphatic rings. The Hall–Kier alpha value is -5.26. The largest absolute Gasteiger partial charge is 0.415 e. The molecule has 0 saturated heterocycles. The van der Waals surface area contributed by atoms with Gasteiger partial charge in [-0.05, 0) is 60.7 Å². The maximum absolute atomic E-state index is 12.5. The van der Waals surface area contributed by atoms with E-state index in [1.54, 1.807) is 48.5 Å². The number of aromatic amines is 1. The normalized spacial score (nSPS) is 10.7. The molecule has 0 fully saturated rings. The van der Waals surface area contributed by atoms with Gasteiger partial charge >= 0.3 is 12.9 Å². The van der Waals surface area contributed by atoms with E-state index in [-0.39, 0.29) is 41.0 Å². The third kappa shape index (κ3) is 11.1. The molecule has 0 saturated carbocycles. The summed E-state index contributed by atoms with van der Waals surface area (Å²) in [7, 11) is 0. The van der Waals surface area contributed by atoms with Crippen LogP contribution < -0.4 is 11.1 Å². The van der Waals surface area contributed by atoms with E-state index < -0.39 is 30.2 Å². The first kappa shape index (κ1) is 38.5. The standard InChI is InChI=1S/C16H10ClF2N3O3.C8H6BrClO.C8H5F2N3O2/c17-11-3-1-9(2-4-11)12(23)8-22-6-5-10(7-13(22)24)15-20-21-16(25-15)14(18)19;9-5-8(11)6-1-3-7(10)4-2-6;9-6(10)8-13-12-7(15-8)4-1-2-11-5(14)3-4/h1-7,14H,8H2;1-4H,5H2;1-3,6H,(H,11,14). The van der Waals surface area contributed by atoms with Gasteiger partial charge in [0, 0.05) is 56.8 Å². The Bertz CT molecular complexity index is 2210. The summed E-state index contributed by atoms with van der Waals surface area (Å²) in [6, 6.07) is 18.4. The van der Waals surface area contributed by atoms with Crippen molar-refractivity contribution in [3.63, 3.8) is 0 Å². The van der Waals surface area contributed by atoms with Crippen molar-refractivity contribution < 1.29 is 36.0 Å². The third-order valence-corrected chi connectivity index (χ3v) is 7.30. The van der Waals surface area contributed by atoms with Gasteiger partial charge in [0.1, 0.15) is 0 Å². The predicted molar refractivity (Wildman–Crippen MR) is 180 cm³/mol. The number of halogens is 7. The topological polar surface area (TPSA) is 167 Å². The van der Waals surface area contributed by atoms with Crippen LogP contribution >= 0.6 is 39.1 Å². The third-order valence-electron chi connectivity index (χ3n) is 6.29. The number of H-pyrrole nitrogens is 1. The molecule has 6 rings (SSSR count). The number of hydrogen-bond acceptors (Lipinski definition) is 10. The fraction of sp³-hybridized carbons (Fsp3) is 0.125. The van der Waals surface area contributed by atoms with Gasteiger partial charge in [0.05, 0.1) is 11.9 Å². The average molecular weight is 812 g/mol. The van der Waals surface area contributed by atoms with Gasteiger partial charge in [-0.1, -0.05) is 39.1 Å². The second kappa shape index (κ2) is 18.1. The molecular weight excluding hydrogens is 791 g/mol. The van der Waals surface area contributed by atoms with Crippen molar-refractivity contribution in [2.75, 3.05) is 5.33 Å². The quantitative estimate of drug-likeness (QED) is 0.0870. The Balaban J connectivity index is 0.000000190. The molecule has 1 N–H and O–H groups in total. The highest BCUT2D eigenvalue weighted by molar-refractivity contribution is 9.09. The van der Waals surface area contributed by atoms with Crippen LogP contribution in [0.2, 0.25) is 10.0 Å². The van der Waals surface area contributed by atoms with E-state index in [2.05, 4.69) is 45.7 Å². The number of carbonyl (C=O) groups excluding carboxylic acids is 2. The molecule has 19 heteroatoms. The first-order chi connectivity index (χ1) is 24.3. The highest BCUT2D eigenvalue weighted by Gasteiger charge is 2.18. The molecule has 0 aliphatic carbocycles. The number of nitrogens with zero attached hydrogens (tertiary/aromatic N) is 5. The van der Waals surface area contributed by atoms with Crippen molar-refractivity contribution in [1.82, 2.24) is 29.9 Å². The first-order valence-corrected chi connectivity index (χ1v) is 16.0. The van der Waals surface area contributed by atoms with Gasteiger partial charge in [-0.2, -0.15) is 17.6 Å². The van der Waals surface area contributed by atoms with E-state index >= 15 is 0 Å². The minimum atomic E-state index is -2.89. The lowest BCUT2D eigenvalue weighted by atomic mass is 10.1. The van der Waals surface area contributed by atoms with Crippen LogP contribution in [-0.2, 0) is 6.54 Å². The second-order valence-corrected chi connectivity index (χ2v) is 11.2. The van der Waals surface area contributed by atoms with Crippen molar-refractivity contribution in [3.8, 4) is 22.9 Å².